The highest BCUT2D eigenvalue weighted by atomic mass is 16.5. The van der Waals surface area contributed by atoms with Gasteiger partial charge in [-0.15, -0.1) is 0 Å². The van der Waals surface area contributed by atoms with E-state index in [1.807, 2.05) is 36.4 Å². The van der Waals surface area contributed by atoms with E-state index in [4.69, 9.17) is 9.47 Å². The number of rotatable bonds is 15. The molecule has 0 amide bonds. The van der Waals surface area contributed by atoms with Crippen LogP contribution in [-0.4, -0.2) is 40.4 Å². The molecule has 0 bridgehead atoms. The van der Waals surface area contributed by atoms with Gasteiger partial charge in [-0.1, -0.05) is 72.6 Å². The number of methoxy groups -OCH3 is 1. The molecule has 1 heterocycles. The molecule has 7 heteroatoms. The van der Waals surface area contributed by atoms with Crippen molar-refractivity contribution in [3.05, 3.63) is 120 Å². The monoisotopic (exact) mass is 660 g/mol. The van der Waals surface area contributed by atoms with Gasteiger partial charge in [-0.3, -0.25) is 4.79 Å². The van der Waals surface area contributed by atoms with E-state index in [9.17, 15) is 20.1 Å². The Balaban J connectivity index is 1.23. The number of carbonyl (C=O) groups is 1. The van der Waals surface area contributed by atoms with Gasteiger partial charge in [0.05, 0.1) is 19.3 Å². The third kappa shape index (κ3) is 9.04. The second kappa shape index (κ2) is 16.1. The summed E-state index contributed by atoms with van der Waals surface area (Å²) in [5.74, 6) is 0.299. The number of ether oxygens (including phenoxy) is 2. The fourth-order valence-corrected chi connectivity index (χ4v) is 7.16. The Bertz CT molecular complexity index is 1830. The maximum Gasteiger partial charge on any atom is 0.161 e. The van der Waals surface area contributed by atoms with E-state index >= 15 is 0 Å². The van der Waals surface area contributed by atoms with E-state index in [-0.39, 0.29) is 35.7 Å². The summed E-state index contributed by atoms with van der Waals surface area (Å²) in [6.45, 7) is 0. The number of hydrogen-bond donors (Lipinski definition) is 3. The van der Waals surface area contributed by atoms with Crippen molar-refractivity contribution in [2.45, 2.75) is 76.4 Å². The van der Waals surface area contributed by atoms with E-state index in [2.05, 4.69) is 35.3 Å². The molecule has 3 N–H and O–H groups in total. The van der Waals surface area contributed by atoms with Gasteiger partial charge >= 0.3 is 0 Å². The molecule has 0 aliphatic heterocycles. The normalized spacial score (nSPS) is 15.5. The van der Waals surface area contributed by atoms with E-state index in [1.54, 1.807) is 30.6 Å². The topological polar surface area (TPSA) is 110 Å². The van der Waals surface area contributed by atoms with Gasteiger partial charge in [0, 0.05) is 12.3 Å². The molecule has 0 spiro atoms. The summed E-state index contributed by atoms with van der Waals surface area (Å²) in [5.41, 5.74) is 3.85. The lowest BCUT2D eigenvalue weighted by Gasteiger charge is -2.26. The lowest BCUT2D eigenvalue weighted by atomic mass is 9.82. The third-order valence-corrected chi connectivity index (χ3v) is 9.91. The number of Topliss-reactive ketones (excluding diaryl/α,β-unsaturated/α-hetero) is 1. The number of nitrogens with zero attached hydrogens (tertiary/aromatic N) is 1. The Hall–Kier alpha value is -4.75. The Kier molecular flexibility index (Phi) is 11.2. The maximum atomic E-state index is 14.2. The van der Waals surface area contributed by atoms with Gasteiger partial charge in [0.2, 0.25) is 0 Å². The van der Waals surface area contributed by atoms with Crippen LogP contribution in [0.25, 0.3) is 10.8 Å². The predicted molar refractivity (Wildman–Crippen MR) is 191 cm³/mol. The first-order chi connectivity index (χ1) is 23.8. The van der Waals surface area contributed by atoms with Crippen LogP contribution in [-0.2, 0) is 30.5 Å². The standard InChI is InChI=1S/C42H46NO6/c1-48-41-24-29(12-15-37(41)44)21-34(20-28-11-14-32-7-5-6-8-33(32)19-28)39(46)26-40(47)35(23-31-17-18-43-27-31)22-30-13-16-38(45)42(25-30)49-36-9-3-2-4-10-36/h5-8,11-19,24-25,27,34-36,40,44-45,47H,2-4,9-10,20-23,26H2,1H3/q-1/t34-,35+,40-/m1/s1. The molecular formula is C42H46NO6-. The smallest absolute Gasteiger partial charge is 0.161 e. The number of fused-ring (bicyclic) bond motifs is 1. The summed E-state index contributed by atoms with van der Waals surface area (Å²) in [6, 6.07) is 27.0. The first kappa shape index (κ1) is 34.1. The Morgan fingerprint density at radius 3 is 2.10 bits per heavy atom. The van der Waals surface area contributed by atoms with E-state index < -0.39 is 12.0 Å². The van der Waals surface area contributed by atoms with Crippen molar-refractivity contribution in [2.24, 2.45) is 11.8 Å². The molecule has 1 aromatic heterocycles. The van der Waals surface area contributed by atoms with Crippen molar-refractivity contribution >= 4 is 16.6 Å². The minimum absolute atomic E-state index is 0.00418. The van der Waals surface area contributed by atoms with Crippen LogP contribution in [0.2, 0.25) is 0 Å². The molecule has 6 rings (SSSR count). The minimum atomic E-state index is -0.910. The zero-order chi connectivity index (χ0) is 34.2. The fraction of sp³-hybridized carbons (Fsp3) is 0.357. The molecule has 1 fully saturated rings. The number of aliphatic hydroxyl groups is 1. The molecule has 3 atom stereocenters. The molecule has 0 radical (unpaired) electrons. The number of aromatic nitrogens is 1. The highest BCUT2D eigenvalue weighted by Gasteiger charge is 2.28. The SMILES string of the molecule is COc1cc(C[C@@H](Cc2ccc3ccccc3c2)C(=O)C[C@@H](O)[C@H](Cc2cc[n-]c2)Cc2ccc(O)c(OC3CCCCC3)c2)ccc1O. The van der Waals surface area contributed by atoms with E-state index in [0.717, 1.165) is 58.7 Å². The molecule has 0 saturated heterocycles. The second-order valence-electron chi connectivity index (χ2n) is 13.5. The molecule has 7 nitrogen and oxygen atoms in total. The third-order valence-electron chi connectivity index (χ3n) is 9.91. The minimum Gasteiger partial charge on any atom is -0.670 e. The molecule has 256 valence electrons. The molecule has 1 aliphatic carbocycles. The zero-order valence-corrected chi connectivity index (χ0v) is 28.1. The molecule has 0 unspecified atom stereocenters. The van der Waals surface area contributed by atoms with Crippen LogP contribution in [0.4, 0.5) is 0 Å². The number of ketones is 1. The van der Waals surface area contributed by atoms with Gasteiger partial charge in [-0.05, 0) is 109 Å². The van der Waals surface area contributed by atoms with Gasteiger partial charge in [0.1, 0.15) is 5.78 Å². The zero-order valence-electron chi connectivity index (χ0n) is 28.1. The Morgan fingerprint density at radius 1 is 0.755 bits per heavy atom. The largest absolute Gasteiger partial charge is 0.670 e. The van der Waals surface area contributed by atoms with Crippen LogP contribution in [0.5, 0.6) is 23.0 Å². The van der Waals surface area contributed by atoms with Crippen molar-refractivity contribution in [3.8, 4) is 23.0 Å². The fourth-order valence-electron chi connectivity index (χ4n) is 7.16. The summed E-state index contributed by atoms with van der Waals surface area (Å²) in [5, 5.41) is 34.8. The van der Waals surface area contributed by atoms with Gasteiger partial charge in [-0.25, -0.2) is 0 Å². The molecule has 4 aromatic carbocycles. The quantitative estimate of drug-likeness (QED) is 0.105. The summed E-state index contributed by atoms with van der Waals surface area (Å²) >= 11 is 0. The maximum absolute atomic E-state index is 14.2. The number of benzene rings is 4. The predicted octanol–water partition coefficient (Wildman–Crippen LogP) is 7.75. The van der Waals surface area contributed by atoms with Crippen LogP contribution in [0.3, 0.4) is 0 Å². The first-order valence-corrected chi connectivity index (χ1v) is 17.4. The second-order valence-corrected chi connectivity index (χ2v) is 13.5. The average Bonchev–Trinajstić information content (AvgIpc) is 3.63. The highest BCUT2D eigenvalue weighted by molar-refractivity contribution is 5.84. The Morgan fingerprint density at radius 2 is 1.39 bits per heavy atom. The van der Waals surface area contributed by atoms with Crippen LogP contribution in [0.1, 0.15) is 60.8 Å². The lowest BCUT2D eigenvalue weighted by molar-refractivity contribution is -0.125. The summed E-state index contributed by atoms with van der Waals surface area (Å²) in [6.07, 6.45) is 10.2. The number of aromatic hydroxyl groups is 2. The van der Waals surface area contributed by atoms with Crippen LogP contribution < -0.4 is 14.5 Å². The van der Waals surface area contributed by atoms with Crippen LogP contribution >= 0.6 is 0 Å². The number of phenols is 2. The molecule has 1 aliphatic rings. The van der Waals surface area contributed by atoms with E-state index in [0.29, 0.717) is 37.2 Å². The number of phenolic OH excluding ortho intramolecular Hbond substituents is 2. The highest BCUT2D eigenvalue weighted by Crippen LogP contribution is 2.34. The average molecular weight is 661 g/mol. The van der Waals surface area contributed by atoms with Gasteiger partial charge in [0.15, 0.2) is 23.0 Å². The van der Waals surface area contributed by atoms with Gasteiger partial charge in [-0.2, -0.15) is 12.4 Å². The number of aliphatic hydroxyl groups excluding tert-OH is 1. The molecule has 5 aromatic rings. The number of hydrogen-bond acceptors (Lipinski definition) is 6. The Labute approximate surface area is 288 Å². The number of carbonyl (C=O) groups excluding carboxylic acids is 1. The molecule has 1 saturated carbocycles. The first-order valence-electron chi connectivity index (χ1n) is 17.4. The van der Waals surface area contributed by atoms with Crippen molar-refractivity contribution in [3.63, 3.8) is 0 Å². The van der Waals surface area contributed by atoms with Crippen molar-refractivity contribution < 1.29 is 29.6 Å². The summed E-state index contributed by atoms with van der Waals surface area (Å²) in [4.78, 5) is 18.4. The lowest BCUT2D eigenvalue weighted by Crippen LogP contribution is -2.31. The van der Waals surface area contributed by atoms with E-state index in [1.165, 1.54) is 13.5 Å². The van der Waals surface area contributed by atoms with Crippen molar-refractivity contribution in [2.75, 3.05) is 7.11 Å². The summed E-state index contributed by atoms with van der Waals surface area (Å²) in [7, 11) is 1.51. The van der Waals surface area contributed by atoms with Gasteiger partial charge in [0.25, 0.3) is 0 Å². The van der Waals surface area contributed by atoms with Gasteiger partial charge < -0.3 is 29.8 Å². The molecular weight excluding hydrogens is 614 g/mol. The van der Waals surface area contributed by atoms with Crippen LogP contribution in [0, 0.1) is 11.8 Å². The van der Waals surface area contributed by atoms with Crippen LogP contribution in [0.15, 0.2) is 97.3 Å². The summed E-state index contributed by atoms with van der Waals surface area (Å²) < 4.78 is 11.6. The van der Waals surface area contributed by atoms with Crippen molar-refractivity contribution in [1.82, 2.24) is 4.98 Å². The van der Waals surface area contributed by atoms with Crippen molar-refractivity contribution in [1.29, 1.82) is 0 Å². The molecule has 49 heavy (non-hydrogen) atoms.